The molecule has 2 rings (SSSR count). The molecule has 94 valence electrons. The summed E-state index contributed by atoms with van der Waals surface area (Å²) in [5.41, 5.74) is 0. The second-order valence-corrected chi connectivity index (χ2v) is 6.28. The van der Waals surface area contributed by atoms with Crippen LogP contribution in [-0.2, 0) is 0 Å². The summed E-state index contributed by atoms with van der Waals surface area (Å²) in [7, 11) is 4.77. The number of hydrogen-bond acceptors (Lipinski definition) is 1. The van der Waals surface area contributed by atoms with Crippen molar-refractivity contribution in [1.82, 2.24) is 4.90 Å². The minimum Gasteiger partial charge on any atom is -0.310 e. The second-order valence-electron chi connectivity index (χ2n) is 6.28. The minimum absolute atomic E-state index is 0.947. The molecule has 1 aliphatic heterocycles. The molecule has 1 atom stereocenters. The van der Waals surface area contributed by atoms with Crippen molar-refractivity contribution >= 4 is 0 Å². The number of rotatable bonds is 1. The van der Waals surface area contributed by atoms with E-state index in [0.717, 1.165) is 6.04 Å². The van der Waals surface area contributed by atoms with Gasteiger partial charge in [0.15, 0.2) is 0 Å². The first kappa shape index (κ1) is 12.4. The molecule has 1 heterocycles. The Bertz CT molecular complexity index is 207. The van der Waals surface area contributed by atoms with E-state index >= 15 is 0 Å². The van der Waals surface area contributed by atoms with E-state index in [1.54, 1.807) is 0 Å². The van der Waals surface area contributed by atoms with E-state index in [-0.39, 0.29) is 0 Å². The van der Waals surface area contributed by atoms with Crippen LogP contribution in [0.1, 0.15) is 51.4 Å². The maximum absolute atomic E-state index is 2.51. The summed E-state index contributed by atoms with van der Waals surface area (Å²) in [5, 5.41) is 0. The molecule has 0 amide bonds. The minimum atomic E-state index is 0.947. The van der Waals surface area contributed by atoms with Crippen molar-refractivity contribution in [2.45, 2.75) is 57.4 Å². The summed E-state index contributed by atoms with van der Waals surface area (Å²) in [6.07, 6.45) is 11.8. The molecule has 16 heavy (non-hydrogen) atoms. The molecule has 0 bridgehead atoms. The molecule has 2 fully saturated rings. The third kappa shape index (κ3) is 2.98. The molecule has 0 spiro atoms. The van der Waals surface area contributed by atoms with Crippen molar-refractivity contribution in [3.8, 4) is 0 Å². The van der Waals surface area contributed by atoms with E-state index in [2.05, 4.69) is 19.0 Å². The van der Waals surface area contributed by atoms with Gasteiger partial charge >= 0.3 is 0 Å². The zero-order valence-corrected chi connectivity index (χ0v) is 11.2. The molecule has 2 nitrogen and oxygen atoms in total. The van der Waals surface area contributed by atoms with Gasteiger partial charge in [0.2, 0.25) is 0 Å². The molecule has 1 unspecified atom stereocenters. The summed E-state index contributed by atoms with van der Waals surface area (Å²) in [4.78, 5) is 2.51. The van der Waals surface area contributed by atoms with Crippen LogP contribution in [0.25, 0.3) is 0 Å². The Labute approximate surface area is 101 Å². The van der Waals surface area contributed by atoms with Crippen molar-refractivity contribution in [3.63, 3.8) is 0 Å². The van der Waals surface area contributed by atoms with Gasteiger partial charge in [-0.1, -0.05) is 25.7 Å². The van der Waals surface area contributed by atoms with Crippen molar-refractivity contribution < 1.29 is 4.48 Å². The SMILES string of the molecule is CN1CC[N+](C)(C2CCCCCCCC2)C1. The highest BCUT2D eigenvalue weighted by Crippen LogP contribution is 2.27. The van der Waals surface area contributed by atoms with E-state index in [1.807, 2.05) is 0 Å². The van der Waals surface area contributed by atoms with Gasteiger partial charge in [-0.2, -0.15) is 0 Å². The number of quaternary nitrogens is 1. The third-order valence-electron chi connectivity index (χ3n) is 4.76. The van der Waals surface area contributed by atoms with Crippen LogP contribution in [-0.4, -0.2) is 49.3 Å². The second kappa shape index (κ2) is 5.50. The number of nitrogens with zero attached hydrogens (tertiary/aromatic N) is 2. The van der Waals surface area contributed by atoms with E-state index < -0.39 is 0 Å². The topological polar surface area (TPSA) is 3.24 Å². The largest absolute Gasteiger partial charge is 0.310 e. The fourth-order valence-corrected chi connectivity index (χ4v) is 3.62. The Balaban J connectivity index is 1.94. The molecule has 1 aliphatic carbocycles. The van der Waals surface area contributed by atoms with Crippen molar-refractivity contribution in [3.05, 3.63) is 0 Å². The smallest absolute Gasteiger partial charge is 0.135 e. The van der Waals surface area contributed by atoms with Gasteiger partial charge in [0.1, 0.15) is 6.67 Å². The maximum Gasteiger partial charge on any atom is 0.135 e. The van der Waals surface area contributed by atoms with Crippen LogP contribution in [0.15, 0.2) is 0 Å². The molecular weight excluding hydrogens is 196 g/mol. The molecule has 0 aromatic heterocycles. The quantitative estimate of drug-likeness (QED) is 0.620. The van der Waals surface area contributed by atoms with Crippen LogP contribution in [0.4, 0.5) is 0 Å². The average Bonchev–Trinajstić information content (AvgIpc) is 2.66. The molecule has 0 radical (unpaired) electrons. The lowest BCUT2D eigenvalue weighted by Gasteiger charge is -2.38. The van der Waals surface area contributed by atoms with Gasteiger partial charge in [0, 0.05) is 0 Å². The van der Waals surface area contributed by atoms with Crippen LogP contribution < -0.4 is 0 Å². The predicted octanol–water partition coefficient (Wildman–Crippen LogP) is 2.84. The summed E-state index contributed by atoms with van der Waals surface area (Å²) in [6, 6.07) is 0.947. The Morgan fingerprint density at radius 3 is 2.00 bits per heavy atom. The van der Waals surface area contributed by atoms with E-state index in [9.17, 15) is 0 Å². The Morgan fingerprint density at radius 2 is 1.50 bits per heavy atom. The van der Waals surface area contributed by atoms with Gasteiger partial charge < -0.3 is 4.48 Å². The van der Waals surface area contributed by atoms with Crippen LogP contribution in [0, 0.1) is 0 Å². The highest BCUT2D eigenvalue weighted by molar-refractivity contribution is 4.67. The predicted molar refractivity (Wildman–Crippen MR) is 69.3 cm³/mol. The van der Waals surface area contributed by atoms with Gasteiger partial charge in [-0.05, 0) is 32.7 Å². The van der Waals surface area contributed by atoms with E-state index in [0.29, 0.717) is 0 Å². The zero-order valence-electron chi connectivity index (χ0n) is 11.2. The molecule has 1 saturated carbocycles. The van der Waals surface area contributed by atoms with Crippen molar-refractivity contribution in [1.29, 1.82) is 0 Å². The Hall–Kier alpha value is -0.0800. The summed E-state index contributed by atoms with van der Waals surface area (Å²) in [6.45, 7) is 3.96. The van der Waals surface area contributed by atoms with Gasteiger partial charge in [0.05, 0.1) is 26.2 Å². The van der Waals surface area contributed by atoms with Gasteiger partial charge in [-0.15, -0.1) is 0 Å². The molecule has 1 saturated heterocycles. The normalized spacial score (nSPS) is 35.6. The van der Waals surface area contributed by atoms with Crippen LogP contribution >= 0.6 is 0 Å². The monoisotopic (exact) mass is 225 g/mol. The molecule has 0 aromatic rings. The number of hydrogen-bond donors (Lipinski definition) is 0. The first-order valence-corrected chi connectivity index (χ1v) is 7.23. The molecular formula is C14H29N2+. The fraction of sp³-hybridized carbons (Fsp3) is 1.00. The van der Waals surface area contributed by atoms with E-state index in [4.69, 9.17) is 0 Å². The average molecular weight is 225 g/mol. The Morgan fingerprint density at radius 1 is 0.938 bits per heavy atom. The standard InChI is InChI=1S/C14H29N2/c1-15-11-12-16(2,13-15)14-9-7-5-3-4-6-8-10-14/h14H,3-13H2,1-2H3/q+1. The molecule has 0 N–H and O–H groups in total. The lowest BCUT2D eigenvalue weighted by atomic mass is 10.0. The number of likely N-dealkylation sites (N-methyl/N-ethyl adjacent to an activating group) is 2. The van der Waals surface area contributed by atoms with Crippen molar-refractivity contribution in [2.24, 2.45) is 0 Å². The molecule has 2 heteroatoms. The Kier molecular flexibility index (Phi) is 4.26. The maximum atomic E-state index is 2.51. The zero-order chi connectivity index (χ0) is 11.4. The van der Waals surface area contributed by atoms with Crippen LogP contribution in [0.2, 0.25) is 0 Å². The van der Waals surface area contributed by atoms with Crippen LogP contribution in [0.3, 0.4) is 0 Å². The summed E-state index contributed by atoms with van der Waals surface area (Å²) < 4.78 is 1.33. The first-order chi connectivity index (χ1) is 7.71. The summed E-state index contributed by atoms with van der Waals surface area (Å²) >= 11 is 0. The third-order valence-corrected chi connectivity index (χ3v) is 4.76. The van der Waals surface area contributed by atoms with Crippen LogP contribution in [0.5, 0.6) is 0 Å². The van der Waals surface area contributed by atoms with E-state index in [1.165, 1.54) is 75.6 Å². The summed E-state index contributed by atoms with van der Waals surface area (Å²) in [5.74, 6) is 0. The highest BCUT2D eigenvalue weighted by atomic mass is 15.5. The van der Waals surface area contributed by atoms with Crippen molar-refractivity contribution in [2.75, 3.05) is 33.9 Å². The highest BCUT2D eigenvalue weighted by Gasteiger charge is 2.37. The first-order valence-electron chi connectivity index (χ1n) is 7.23. The fourth-order valence-electron chi connectivity index (χ4n) is 3.62. The lowest BCUT2D eigenvalue weighted by molar-refractivity contribution is -0.926. The van der Waals surface area contributed by atoms with Gasteiger partial charge in [-0.25, -0.2) is 0 Å². The molecule has 0 aromatic carbocycles. The van der Waals surface area contributed by atoms with Gasteiger partial charge in [-0.3, -0.25) is 4.90 Å². The van der Waals surface area contributed by atoms with Gasteiger partial charge in [0.25, 0.3) is 0 Å². The molecule has 2 aliphatic rings. The lowest BCUT2D eigenvalue weighted by Crippen LogP contribution is -2.51.